The largest absolute Gasteiger partial charge is 0.496 e. The van der Waals surface area contributed by atoms with E-state index in [1.807, 2.05) is 26.0 Å². The van der Waals surface area contributed by atoms with E-state index < -0.39 is 12.0 Å². The zero-order chi connectivity index (χ0) is 14.6. The lowest BCUT2D eigenvalue weighted by Crippen LogP contribution is -2.33. The molecule has 1 aromatic rings. The maximum Gasteiger partial charge on any atom is 0.333 e. The molecule has 0 aliphatic rings. The highest BCUT2D eigenvalue weighted by molar-refractivity contribution is 5.85. The van der Waals surface area contributed by atoms with E-state index in [9.17, 15) is 9.59 Å². The minimum Gasteiger partial charge on any atom is -0.496 e. The van der Waals surface area contributed by atoms with Crippen LogP contribution in [0.4, 0.5) is 0 Å². The normalized spacial score (nSPS) is 11.6. The van der Waals surface area contributed by atoms with Crippen molar-refractivity contribution in [1.29, 1.82) is 0 Å². The van der Waals surface area contributed by atoms with E-state index in [0.717, 1.165) is 11.1 Å². The van der Waals surface area contributed by atoms with Gasteiger partial charge in [0, 0.05) is 12.5 Å². The Kier molecular flexibility index (Phi) is 4.92. The summed E-state index contributed by atoms with van der Waals surface area (Å²) in [7, 11) is 2.82. The van der Waals surface area contributed by atoms with Crippen LogP contribution in [0.5, 0.6) is 5.75 Å². The third kappa shape index (κ3) is 3.47. The van der Waals surface area contributed by atoms with Gasteiger partial charge < -0.3 is 14.8 Å². The smallest absolute Gasteiger partial charge is 0.333 e. The Hall–Kier alpha value is -2.04. The van der Waals surface area contributed by atoms with Gasteiger partial charge in [0.05, 0.1) is 14.2 Å². The number of esters is 1. The van der Waals surface area contributed by atoms with Crippen LogP contribution in [0.1, 0.15) is 29.7 Å². The Morgan fingerprint density at radius 2 is 1.84 bits per heavy atom. The fourth-order valence-corrected chi connectivity index (χ4v) is 2.07. The zero-order valence-corrected chi connectivity index (χ0v) is 11.9. The van der Waals surface area contributed by atoms with Crippen LogP contribution in [0.15, 0.2) is 12.1 Å². The number of amides is 1. The van der Waals surface area contributed by atoms with Crippen molar-refractivity contribution in [3.63, 3.8) is 0 Å². The predicted octanol–water partition coefficient (Wildman–Crippen LogP) is 1.66. The average molecular weight is 265 g/mol. The molecule has 0 aliphatic carbocycles. The number of benzene rings is 1. The third-order valence-corrected chi connectivity index (χ3v) is 2.75. The molecule has 0 spiro atoms. The van der Waals surface area contributed by atoms with Gasteiger partial charge >= 0.3 is 5.97 Å². The SMILES string of the molecule is COC(=O)C(NC(C)=O)c1cc(C)cc(C)c1OC. The molecule has 0 bridgehead atoms. The van der Waals surface area contributed by atoms with E-state index in [-0.39, 0.29) is 5.91 Å². The van der Waals surface area contributed by atoms with Crippen molar-refractivity contribution in [3.05, 3.63) is 28.8 Å². The second kappa shape index (κ2) is 6.22. The summed E-state index contributed by atoms with van der Waals surface area (Å²) in [5, 5.41) is 2.58. The summed E-state index contributed by atoms with van der Waals surface area (Å²) in [4.78, 5) is 23.1. The number of nitrogens with one attached hydrogen (secondary N) is 1. The molecule has 1 atom stereocenters. The number of methoxy groups -OCH3 is 2. The molecule has 1 unspecified atom stereocenters. The first-order chi connectivity index (χ1) is 8.90. The van der Waals surface area contributed by atoms with Crippen LogP contribution in [0.3, 0.4) is 0 Å². The molecule has 1 rings (SSSR count). The lowest BCUT2D eigenvalue weighted by atomic mass is 9.99. The van der Waals surface area contributed by atoms with Crippen molar-refractivity contribution < 1.29 is 19.1 Å². The van der Waals surface area contributed by atoms with E-state index in [0.29, 0.717) is 11.3 Å². The van der Waals surface area contributed by atoms with Gasteiger partial charge in [-0.2, -0.15) is 0 Å². The van der Waals surface area contributed by atoms with E-state index in [1.54, 1.807) is 0 Å². The number of carbonyl (C=O) groups excluding carboxylic acids is 2. The minimum atomic E-state index is -0.865. The quantitative estimate of drug-likeness (QED) is 0.841. The van der Waals surface area contributed by atoms with Gasteiger partial charge in [0.2, 0.25) is 5.91 Å². The lowest BCUT2D eigenvalue weighted by molar-refractivity contribution is -0.145. The number of rotatable bonds is 4. The standard InChI is InChI=1S/C14H19NO4/c1-8-6-9(2)13(18-4)11(7-8)12(14(17)19-5)15-10(3)16/h6-7,12H,1-5H3,(H,15,16). The highest BCUT2D eigenvalue weighted by atomic mass is 16.5. The third-order valence-electron chi connectivity index (χ3n) is 2.75. The Bertz CT molecular complexity index is 496. The number of carbonyl (C=O) groups is 2. The molecule has 0 aromatic heterocycles. The molecule has 0 fully saturated rings. The van der Waals surface area contributed by atoms with Crippen molar-refractivity contribution in [2.45, 2.75) is 26.8 Å². The second-order valence-electron chi connectivity index (χ2n) is 4.36. The van der Waals surface area contributed by atoms with Crippen molar-refractivity contribution in [2.24, 2.45) is 0 Å². The molecule has 5 nitrogen and oxygen atoms in total. The summed E-state index contributed by atoms with van der Waals surface area (Å²) < 4.78 is 10.1. The Balaban J connectivity index is 3.35. The van der Waals surface area contributed by atoms with Gasteiger partial charge in [-0.05, 0) is 25.5 Å². The predicted molar refractivity (Wildman–Crippen MR) is 71.0 cm³/mol. The topological polar surface area (TPSA) is 64.6 Å². The summed E-state index contributed by atoms with van der Waals surface area (Å²) in [5.74, 6) is -0.259. The summed E-state index contributed by atoms with van der Waals surface area (Å²) in [5.41, 5.74) is 2.48. The van der Waals surface area contributed by atoms with Crippen LogP contribution >= 0.6 is 0 Å². The summed E-state index contributed by atoms with van der Waals surface area (Å²) >= 11 is 0. The molecule has 104 valence electrons. The van der Waals surface area contributed by atoms with Crippen molar-refractivity contribution >= 4 is 11.9 Å². The summed E-state index contributed by atoms with van der Waals surface area (Å²) in [6, 6.07) is 2.89. The Morgan fingerprint density at radius 1 is 1.21 bits per heavy atom. The van der Waals surface area contributed by atoms with Gasteiger partial charge in [-0.3, -0.25) is 4.79 Å². The maximum atomic E-state index is 11.8. The van der Waals surface area contributed by atoms with E-state index in [4.69, 9.17) is 9.47 Å². The highest BCUT2D eigenvalue weighted by Crippen LogP contribution is 2.30. The number of ether oxygens (including phenoxy) is 2. The Labute approximate surface area is 112 Å². The first-order valence-corrected chi connectivity index (χ1v) is 5.90. The highest BCUT2D eigenvalue weighted by Gasteiger charge is 2.26. The number of hydrogen-bond donors (Lipinski definition) is 1. The molecule has 0 heterocycles. The van der Waals surface area contributed by atoms with Crippen LogP contribution < -0.4 is 10.1 Å². The maximum absolute atomic E-state index is 11.8. The van der Waals surface area contributed by atoms with Crippen molar-refractivity contribution in [1.82, 2.24) is 5.32 Å². The molecule has 5 heteroatoms. The van der Waals surface area contributed by atoms with Gasteiger partial charge in [0.25, 0.3) is 0 Å². The van der Waals surface area contributed by atoms with Gasteiger partial charge in [0.1, 0.15) is 5.75 Å². The van der Waals surface area contributed by atoms with Crippen LogP contribution in [0.2, 0.25) is 0 Å². The average Bonchev–Trinajstić information content (AvgIpc) is 2.34. The minimum absolute atomic E-state index is 0.309. The molecule has 1 amide bonds. The van der Waals surface area contributed by atoms with Gasteiger partial charge in [-0.25, -0.2) is 4.79 Å². The summed E-state index contributed by atoms with van der Waals surface area (Å²) in [6.45, 7) is 5.15. The monoisotopic (exact) mass is 265 g/mol. The van der Waals surface area contributed by atoms with Crippen molar-refractivity contribution in [2.75, 3.05) is 14.2 Å². The fraction of sp³-hybridized carbons (Fsp3) is 0.429. The molecule has 19 heavy (non-hydrogen) atoms. The van der Waals surface area contributed by atoms with Gasteiger partial charge in [0.15, 0.2) is 6.04 Å². The lowest BCUT2D eigenvalue weighted by Gasteiger charge is -2.20. The van der Waals surface area contributed by atoms with E-state index >= 15 is 0 Å². The van der Waals surface area contributed by atoms with Crippen LogP contribution in [0, 0.1) is 13.8 Å². The number of hydrogen-bond acceptors (Lipinski definition) is 4. The fourth-order valence-electron chi connectivity index (χ4n) is 2.07. The van der Waals surface area contributed by atoms with Gasteiger partial charge in [-0.15, -0.1) is 0 Å². The van der Waals surface area contributed by atoms with Crippen LogP contribution in [-0.4, -0.2) is 26.1 Å². The van der Waals surface area contributed by atoms with Crippen LogP contribution in [0.25, 0.3) is 0 Å². The first kappa shape index (κ1) is 15.0. The zero-order valence-electron chi connectivity index (χ0n) is 11.9. The molecule has 1 N–H and O–H groups in total. The molecular weight excluding hydrogens is 246 g/mol. The second-order valence-corrected chi connectivity index (χ2v) is 4.36. The molecule has 0 radical (unpaired) electrons. The van der Waals surface area contributed by atoms with E-state index in [1.165, 1.54) is 21.1 Å². The first-order valence-electron chi connectivity index (χ1n) is 5.90. The summed E-state index contributed by atoms with van der Waals surface area (Å²) in [6.07, 6.45) is 0. The molecule has 0 aliphatic heterocycles. The van der Waals surface area contributed by atoms with Crippen molar-refractivity contribution in [3.8, 4) is 5.75 Å². The van der Waals surface area contributed by atoms with Gasteiger partial charge in [-0.1, -0.05) is 11.6 Å². The van der Waals surface area contributed by atoms with E-state index in [2.05, 4.69) is 5.32 Å². The molecule has 1 aromatic carbocycles. The molecule has 0 saturated heterocycles. The number of aryl methyl sites for hydroxylation is 2. The molecule has 0 saturated carbocycles. The molecular formula is C14H19NO4. The Morgan fingerprint density at radius 3 is 2.32 bits per heavy atom. The van der Waals surface area contributed by atoms with Crippen LogP contribution in [-0.2, 0) is 14.3 Å².